The van der Waals surface area contributed by atoms with Crippen LogP contribution in [0.4, 0.5) is 10.5 Å². The molecule has 3 rings (SSSR count). The second-order valence-corrected chi connectivity index (χ2v) is 7.46. The molecule has 3 aromatic rings. The molecule has 7 nitrogen and oxygen atoms in total. The van der Waals surface area contributed by atoms with Gasteiger partial charge in [0.05, 0.1) is 17.2 Å². The molecule has 0 aliphatic carbocycles. The van der Waals surface area contributed by atoms with Gasteiger partial charge in [0.15, 0.2) is 0 Å². The third-order valence-corrected chi connectivity index (χ3v) is 3.87. The highest BCUT2D eigenvalue weighted by atomic mass is 16.6. The van der Waals surface area contributed by atoms with Crippen LogP contribution in [0, 0.1) is 0 Å². The first-order valence-electron chi connectivity index (χ1n) is 8.88. The van der Waals surface area contributed by atoms with Crippen LogP contribution >= 0.6 is 0 Å². The molecule has 0 atom stereocenters. The molecular weight excluding hydrogens is 358 g/mol. The van der Waals surface area contributed by atoms with E-state index in [-0.39, 0.29) is 12.2 Å². The maximum atomic E-state index is 12.2. The van der Waals surface area contributed by atoms with Crippen LogP contribution in [0.25, 0.3) is 10.9 Å². The molecule has 0 saturated heterocycles. The topological polar surface area (TPSA) is 82.4 Å². The molecular formula is C21H23N3O4. The standard InChI is InChI=1S/C21H23N3O4/c1-21(2,3)28-20(26)23-15-7-5-6-14(10-15)12-27-16-8-9-18-17(11-16)19(25)24(4)13-22-18/h5-11,13H,12H2,1-4H3,(H,23,26). The van der Waals surface area contributed by atoms with Gasteiger partial charge in [0.1, 0.15) is 18.0 Å². The van der Waals surface area contributed by atoms with Crippen molar-refractivity contribution >= 4 is 22.7 Å². The number of amides is 1. The fourth-order valence-corrected chi connectivity index (χ4v) is 2.61. The summed E-state index contributed by atoms with van der Waals surface area (Å²) in [6, 6.07) is 12.5. The fraction of sp³-hybridized carbons (Fsp3) is 0.286. The van der Waals surface area contributed by atoms with Gasteiger partial charge in [-0.15, -0.1) is 0 Å². The molecule has 1 N–H and O–H groups in total. The molecule has 0 bridgehead atoms. The van der Waals surface area contributed by atoms with E-state index in [1.807, 2.05) is 39.0 Å². The van der Waals surface area contributed by atoms with Crippen molar-refractivity contribution in [2.45, 2.75) is 33.0 Å². The predicted molar refractivity (Wildman–Crippen MR) is 108 cm³/mol. The van der Waals surface area contributed by atoms with Gasteiger partial charge in [0.2, 0.25) is 0 Å². The molecule has 0 saturated carbocycles. The summed E-state index contributed by atoms with van der Waals surface area (Å²) in [6.07, 6.45) is 0.984. The van der Waals surface area contributed by atoms with Crippen LogP contribution in [0.5, 0.6) is 5.75 Å². The van der Waals surface area contributed by atoms with Crippen LogP contribution < -0.4 is 15.6 Å². The van der Waals surface area contributed by atoms with Gasteiger partial charge in [0, 0.05) is 12.7 Å². The molecule has 2 aromatic carbocycles. The lowest BCUT2D eigenvalue weighted by Crippen LogP contribution is -2.27. The van der Waals surface area contributed by atoms with E-state index in [4.69, 9.17) is 9.47 Å². The summed E-state index contributed by atoms with van der Waals surface area (Å²) in [6.45, 7) is 5.71. The molecule has 146 valence electrons. The molecule has 1 amide bonds. The quantitative estimate of drug-likeness (QED) is 0.742. The van der Waals surface area contributed by atoms with Crippen LogP contribution in [0.1, 0.15) is 26.3 Å². The Bertz CT molecular complexity index is 1070. The summed E-state index contributed by atoms with van der Waals surface area (Å²) in [4.78, 5) is 28.3. The van der Waals surface area contributed by atoms with E-state index < -0.39 is 11.7 Å². The van der Waals surface area contributed by atoms with Gasteiger partial charge >= 0.3 is 6.09 Å². The minimum Gasteiger partial charge on any atom is -0.489 e. The Morgan fingerprint density at radius 1 is 1.18 bits per heavy atom. The van der Waals surface area contributed by atoms with Crippen molar-refractivity contribution in [1.29, 1.82) is 0 Å². The zero-order valence-corrected chi connectivity index (χ0v) is 16.4. The number of fused-ring (bicyclic) bond motifs is 1. The molecule has 0 unspecified atom stereocenters. The molecule has 0 aliphatic rings. The Labute approximate surface area is 162 Å². The molecule has 0 aliphatic heterocycles. The van der Waals surface area contributed by atoms with Gasteiger partial charge in [0.25, 0.3) is 5.56 Å². The number of benzene rings is 2. The average molecular weight is 381 g/mol. The number of hydrogen-bond acceptors (Lipinski definition) is 5. The number of carbonyl (C=O) groups is 1. The third-order valence-electron chi connectivity index (χ3n) is 3.87. The highest BCUT2D eigenvalue weighted by Crippen LogP contribution is 2.19. The van der Waals surface area contributed by atoms with E-state index in [0.717, 1.165) is 5.56 Å². The molecule has 7 heteroatoms. The van der Waals surface area contributed by atoms with E-state index in [2.05, 4.69) is 10.3 Å². The van der Waals surface area contributed by atoms with Gasteiger partial charge in [-0.05, 0) is 56.7 Å². The lowest BCUT2D eigenvalue weighted by molar-refractivity contribution is 0.0636. The Morgan fingerprint density at radius 2 is 1.96 bits per heavy atom. The van der Waals surface area contributed by atoms with Crippen molar-refractivity contribution in [3.63, 3.8) is 0 Å². The molecule has 1 aromatic heterocycles. The molecule has 28 heavy (non-hydrogen) atoms. The number of ether oxygens (including phenoxy) is 2. The molecule has 0 fully saturated rings. The lowest BCUT2D eigenvalue weighted by Gasteiger charge is -2.19. The summed E-state index contributed by atoms with van der Waals surface area (Å²) in [5, 5.41) is 3.21. The van der Waals surface area contributed by atoms with Crippen molar-refractivity contribution in [1.82, 2.24) is 9.55 Å². The van der Waals surface area contributed by atoms with Crippen LogP contribution in [0.3, 0.4) is 0 Å². The molecule has 0 radical (unpaired) electrons. The number of anilines is 1. The molecule has 0 spiro atoms. The van der Waals surface area contributed by atoms with Gasteiger partial charge in [-0.1, -0.05) is 12.1 Å². The fourth-order valence-electron chi connectivity index (χ4n) is 2.61. The Kier molecular flexibility index (Phi) is 5.35. The first-order chi connectivity index (χ1) is 13.2. The third kappa shape index (κ3) is 4.88. The summed E-state index contributed by atoms with van der Waals surface area (Å²) < 4.78 is 12.5. The van der Waals surface area contributed by atoms with Crippen molar-refractivity contribution in [2.24, 2.45) is 7.05 Å². The van der Waals surface area contributed by atoms with Gasteiger partial charge in [-0.3, -0.25) is 10.1 Å². The van der Waals surface area contributed by atoms with E-state index in [1.165, 1.54) is 10.9 Å². The first-order valence-corrected chi connectivity index (χ1v) is 8.88. The van der Waals surface area contributed by atoms with Crippen molar-refractivity contribution in [2.75, 3.05) is 5.32 Å². The van der Waals surface area contributed by atoms with Crippen molar-refractivity contribution in [3.8, 4) is 5.75 Å². The number of nitrogens with zero attached hydrogens (tertiary/aromatic N) is 2. The van der Waals surface area contributed by atoms with Gasteiger partial charge < -0.3 is 14.0 Å². The van der Waals surface area contributed by atoms with Crippen LogP contribution in [-0.2, 0) is 18.4 Å². The smallest absolute Gasteiger partial charge is 0.412 e. The number of carbonyl (C=O) groups excluding carboxylic acids is 1. The summed E-state index contributed by atoms with van der Waals surface area (Å²) >= 11 is 0. The lowest BCUT2D eigenvalue weighted by atomic mass is 10.2. The molecule has 1 heterocycles. The average Bonchev–Trinajstić information content (AvgIpc) is 2.62. The predicted octanol–water partition coefficient (Wildman–Crippen LogP) is 3.86. The highest BCUT2D eigenvalue weighted by Gasteiger charge is 2.16. The van der Waals surface area contributed by atoms with E-state index in [1.54, 1.807) is 31.3 Å². The maximum Gasteiger partial charge on any atom is 0.412 e. The van der Waals surface area contributed by atoms with E-state index in [0.29, 0.717) is 22.3 Å². The Morgan fingerprint density at radius 3 is 2.71 bits per heavy atom. The first kappa shape index (κ1) is 19.4. The summed E-state index contributed by atoms with van der Waals surface area (Å²) in [7, 11) is 1.66. The largest absolute Gasteiger partial charge is 0.489 e. The number of nitrogens with one attached hydrogen (secondary N) is 1. The second kappa shape index (κ2) is 7.72. The van der Waals surface area contributed by atoms with Crippen LogP contribution in [-0.4, -0.2) is 21.2 Å². The summed E-state index contributed by atoms with van der Waals surface area (Å²) in [5.41, 5.74) is 1.42. The highest BCUT2D eigenvalue weighted by molar-refractivity contribution is 5.85. The maximum absolute atomic E-state index is 12.2. The van der Waals surface area contributed by atoms with E-state index in [9.17, 15) is 9.59 Å². The van der Waals surface area contributed by atoms with E-state index >= 15 is 0 Å². The van der Waals surface area contributed by atoms with Crippen molar-refractivity contribution < 1.29 is 14.3 Å². The minimum atomic E-state index is -0.563. The summed E-state index contributed by atoms with van der Waals surface area (Å²) in [5.74, 6) is 0.572. The van der Waals surface area contributed by atoms with Crippen LogP contribution in [0.15, 0.2) is 53.6 Å². The zero-order valence-electron chi connectivity index (χ0n) is 16.4. The van der Waals surface area contributed by atoms with Gasteiger partial charge in [-0.2, -0.15) is 0 Å². The monoisotopic (exact) mass is 381 g/mol. The normalized spacial score (nSPS) is 11.3. The minimum absolute atomic E-state index is 0.126. The Hall–Kier alpha value is -3.35. The Balaban J connectivity index is 1.70. The van der Waals surface area contributed by atoms with Crippen molar-refractivity contribution in [3.05, 3.63) is 64.7 Å². The number of aryl methyl sites for hydroxylation is 1. The zero-order chi connectivity index (χ0) is 20.3. The van der Waals surface area contributed by atoms with Gasteiger partial charge in [-0.25, -0.2) is 9.78 Å². The number of aromatic nitrogens is 2. The van der Waals surface area contributed by atoms with Crippen LogP contribution in [0.2, 0.25) is 0 Å². The number of rotatable bonds is 4. The number of hydrogen-bond donors (Lipinski definition) is 1. The second-order valence-electron chi connectivity index (χ2n) is 7.46. The SMILES string of the molecule is Cn1cnc2ccc(OCc3cccc(NC(=O)OC(C)(C)C)c3)cc2c1=O.